The lowest BCUT2D eigenvalue weighted by Gasteiger charge is -2.23. The van der Waals surface area contributed by atoms with Crippen molar-refractivity contribution in [2.45, 2.75) is 24.4 Å². The number of aryl methyl sites for hydroxylation is 1. The lowest BCUT2D eigenvalue weighted by atomic mass is 10.2. The van der Waals surface area contributed by atoms with E-state index in [2.05, 4.69) is 9.71 Å². The summed E-state index contributed by atoms with van der Waals surface area (Å²) in [7, 11) is -4.00. The van der Waals surface area contributed by atoms with Gasteiger partial charge in [0.15, 0.2) is 0 Å². The van der Waals surface area contributed by atoms with E-state index in [1.807, 2.05) is 6.92 Å². The molecule has 162 valence electrons. The Kier molecular flexibility index (Phi) is 6.20. The van der Waals surface area contributed by atoms with Gasteiger partial charge in [0.2, 0.25) is 0 Å². The number of benzene rings is 1. The van der Waals surface area contributed by atoms with Gasteiger partial charge in [-0.1, -0.05) is 17.7 Å². The predicted molar refractivity (Wildman–Crippen MR) is 105 cm³/mol. The Morgan fingerprint density at radius 3 is 2.33 bits per heavy atom. The molecule has 0 spiro atoms. The first-order valence-corrected chi connectivity index (χ1v) is 10.7. The average molecular weight is 442 g/mol. The molecular formula is C19H21F3N4O3S. The maximum atomic E-state index is 12.7. The molecule has 1 N–H and O–H groups in total. The van der Waals surface area contributed by atoms with Gasteiger partial charge in [-0.3, -0.25) is 0 Å². The molecule has 7 nitrogen and oxygen atoms in total. The van der Waals surface area contributed by atoms with Crippen molar-refractivity contribution in [1.82, 2.24) is 14.6 Å². The highest BCUT2D eigenvalue weighted by Crippen LogP contribution is 2.29. The van der Waals surface area contributed by atoms with Crippen LogP contribution in [0.25, 0.3) is 0 Å². The highest BCUT2D eigenvalue weighted by molar-refractivity contribution is 7.90. The van der Waals surface area contributed by atoms with Gasteiger partial charge in [0, 0.05) is 32.4 Å². The summed E-state index contributed by atoms with van der Waals surface area (Å²) < 4.78 is 65.0. The molecule has 0 unspecified atom stereocenters. The summed E-state index contributed by atoms with van der Waals surface area (Å²) in [6.45, 7) is 3.14. The van der Waals surface area contributed by atoms with Crippen molar-refractivity contribution in [3.05, 3.63) is 53.7 Å². The van der Waals surface area contributed by atoms with Gasteiger partial charge < -0.3 is 9.80 Å². The van der Waals surface area contributed by atoms with Crippen LogP contribution in [-0.2, 0) is 16.2 Å². The fraction of sp³-hybridized carbons (Fsp3) is 0.368. The summed E-state index contributed by atoms with van der Waals surface area (Å²) in [4.78, 5) is 19.5. The number of amides is 2. The zero-order chi connectivity index (χ0) is 21.9. The number of carbonyl (C=O) groups excluding carboxylic acids is 1. The molecule has 1 aromatic carbocycles. The van der Waals surface area contributed by atoms with Crippen LogP contribution in [0.4, 0.5) is 23.8 Å². The molecule has 2 amide bonds. The Bertz CT molecular complexity index is 993. The van der Waals surface area contributed by atoms with Crippen molar-refractivity contribution >= 4 is 21.9 Å². The third-order valence-corrected chi connectivity index (χ3v) is 6.07. The fourth-order valence-corrected chi connectivity index (χ4v) is 4.02. The molecule has 1 aliphatic rings. The van der Waals surface area contributed by atoms with E-state index in [9.17, 15) is 26.4 Å². The maximum Gasteiger partial charge on any atom is 0.417 e. The number of pyridine rings is 1. The van der Waals surface area contributed by atoms with Crippen LogP contribution in [0.1, 0.15) is 17.5 Å². The lowest BCUT2D eigenvalue weighted by Crippen LogP contribution is -2.44. The van der Waals surface area contributed by atoms with Gasteiger partial charge in [-0.25, -0.2) is 22.9 Å². The molecule has 0 radical (unpaired) electrons. The molecule has 30 heavy (non-hydrogen) atoms. The first-order chi connectivity index (χ1) is 14.1. The van der Waals surface area contributed by atoms with Crippen molar-refractivity contribution in [2.75, 3.05) is 31.1 Å². The van der Waals surface area contributed by atoms with Crippen LogP contribution in [0, 0.1) is 6.92 Å². The smallest absolute Gasteiger partial charge is 0.355 e. The molecule has 0 aliphatic carbocycles. The highest BCUT2D eigenvalue weighted by Gasteiger charge is 2.31. The van der Waals surface area contributed by atoms with Gasteiger partial charge >= 0.3 is 12.2 Å². The number of anilines is 1. The molecule has 0 atom stereocenters. The SMILES string of the molecule is Cc1ccc(S(=O)(=O)NC(=O)N2CCCN(c3ccc(C(F)(F)F)cn3)CC2)cc1. The van der Waals surface area contributed by atoms with Crippen molar-refractivity contribution < 1.29 is 26.4 Å². The number of carbonyl (C=O) groups is 1. The van der Waals surface area contributed by atoms with Crippen LogP contribution in [0.3, 0.4) is 0 Å². The zero-order valence-corrected chi connectivity index (χ0v) is 17.0. The quantitative estimate of drug-likeness (QED) is 0.790. The van der Waals surface area contributed by atoms with Gasteiger partial charge in [-0.15, -0.1) is 0 Å². The third kappa shape index (κ3) is 5.21. The second-order valence-corrected chi connectivity index (χ2v) is 8.64. The number of nitrogens with zero attached hydrogens (tertiary/aromatic N) is 3. The van der Waals surface area contributed by atoms with Gasteiger partial charge in [-0.2, -0.15) is 13.2 Å². The Balaban J connectivity index is 1.63. The van der Waals surface area contributed by atoms with E-state index in [1.165, 1.54) is 23.1 Å². The third-order valence-electron chi connectivity index (χ3n) is 4.74. The number of hydrogen-bond acceptors (Lipinski definition) is 5. The van der Waals surface area contributed by atoms with Gasteiger partial charge in [0.25, 0.3) is 10.0 Å². The number of alkyl halides is 3. The molecule has 2 heterocycles. The van der Waals surface area contributed by atoms with Gasteiger partial charge in [-0.05, 0) is 37.6 Å². The van der Waals surface area contributed by atoms with E-state index in [-0.39, 0.29) is 11.4 Å². The molecule has 3 rings (SSSR count). The Morgan fingerprint density at radius 1 is 1.03 bits per heavy atom. The number of rotatable bonds is 3. The molecule has 1 aliphatic heterocycles. The predicted octanol–water partition coefficient (Wildman–Crippen LogP) is 3.02. The summed E-state index contributed by atoms with van der Waals surface area (Å²) in [5.41, 5.74) is 0.0631. The zero-order valence-electron chi connectivity index (χ0n) is 16.2. The monoisotopic (exact) mass is 442 g/mol. The summed E-state index contributed by atoms with van der Waals surface area (Å²) in [5.74, 6) is 0.373. The fourth-order valence-electron chi connectivity index (χ4n) is 3.05. The lowest BCUT2D eigenvalue weighted by molar-refractivity contribution is -0.137. The summed E-state index contributed by atoms with van der Waals surface area (Å²) >= 11 is 0. The maximum absolute atomic E-state index is 12.7. The summed E-state index contributed by atoms with van der Waals surface area (Å²) in [6, 6.07) is 7.64. The number of aromatic nitrogens is 1. The molecular weight excluding hydrogens is 421 g/mol. The first kappa shape index (κ1) is 21.9. The minimum absolute atomic E-state index is 0.00754. The van der Waals surface area contributed by atoms with Crippen molar-refractivity contribution in [1.29, 1.82) is 0 Å². The van der Waals surface area contributed by atoms with Crippen LogP contribution in [0.15, 0.2) is 47.5 Å². The van der Waals surface area contributed by atoms with Crippen molar-refractivity contribution in [2.24, 2.45) is 0 Å². The van der Waals surface area contributed by atoms with Gasteiger partial charge in [0.1, 0.15) is 5.82 Å². The largest absolute Gasteiger partial charge is 0.417 e. The Morgan fingerprint density at radius 2 is 1.73 bits per heavy atom. The molecule has 0 saturated carbocycles. The Labute approximate surface area is 172 Å². The topological polar surface area (TPSA) is 82.6 Å². The van der Waals surface area contributed by atoms with Gasteiger partial charge in [0.05, 0.1) is 10.5 Å². The molecule has 0 bridgehead atoms. The number of urea groups is 1. The summed E-state index contributed by atoms with van der Waals surface area (Å²) in [6.07, 6.45) is -3.16. The number of hydrogen-bond donors (Lipinski definition) is 1. The second-order valence-electron chi connectivity index (χ2n) is 6.95. The first-order valence-electron chi connectivity index (χ1n) is 9.23. The van der Waals surface area contributed by atoms with Crippen LogP contribution in [0.5, 0.6) is 0 Å². The highest BCUT2D eigenvalue weighted by atomic mass is 32.2. The number of halogens is 3. The number of nitrogens with one attached hydrogen (secondary N) is 1. The van der Waals surface area contributed by atoms with Crippen LogP contribution in [-0.4, -0.2) is 50.5 Å². The molecule has 2 aromatic rings. The van der Waals surface area contributed by atoms with Crippen LogP contribution < -0.4 is 9.62 Å². The molecule has 1 saturated heterocycles. The minimum Gasteiger partial charge on any atom is -0.355 e. The molecule has 1 fully saturated rings. The van der Waals surface area contributed by atoms with Crippen LogP contribution in [0.2, 0.25) is 0 Å². The Hall–Kier alpha value is -2.82. The second kappa shape index (κ2) is 8.50. The minimum atomic E-state index is -4.46. The van der Waals surface area contributed by atoms with E-state index >= 15 is 0 Å². The van der Waals surface area contributed by atoms with E-state index < -0.39 is 27.8 Å². The average Bonchev–Trinajstić information content (AvgIpc) is 2.94. The van der Waals surface area contributed by atoms with E-state index in [0.717, 1.165) is 17.8 Å². The van der Waals surface area contributed by atoms with E-state index in [4.69, 9.17) is 0 Å². The van der Waals surface area contributed by atoms with Crippen LogP contribution >= 0.6 is 0 Å². The van der Waals surface area contributed by atoms with E-state index in [1.54, 1.807) is 17.0 Å². The normalized spacial score (nSPS) is 15.6. The number of sulfonamides is 1. The van der Waals surface area contributed by atoms with Crippen molar-refractivity contribution in [3.8, 4) is 0 Å². The molecule has 1 aromatic heterocycles. The molecule has 11 heteroatoms. The standard InChI is InChI=1S/C19H21F3N4O3S/c1-14-3-6-16(7-4-14)30(28,29)24-18(27)26-10-2-9-25(11-12-26)17-8-5-15(13-23-17)19(20,21)22/h3-8,13H,2,9-12H2,1H3,(H,24,27). The summed E-state index contributed by atoms with van der Waals surface area (Å²) in [5, 5.41) is 0. The van der Waals surface area contributed by atoms with Crippen molar-refractivity contribution in [3.63, 3.8) is 0 Å². The van der Waals surface area contributed by atoms with E-state index in [0.29, 0.717) is 31.9 Å².